The second-order valence-electron chi connectivity index (χ2n) is 2.35. The summed E-state index contributed by atoms with van der Waals surface area (Å²) in [7, 11) is 0. The molecule has 0 spiro atoms. The molecule has 0 radical (unpaired) electrons. The Kier molecular flexibility index (Phi) is 3.72. The molecule has 0 aliphatic carbocycles. The van der Waals surface area contributed by atoms with E-state index in [1.54, 1.807) is 0 Å². The van der Waals surface area contributed by atoms with Gasteiger partial charge in [-0.15, -0.1) is 0 Å². The smallest absolute Gasteiger partial charge is 0.290 e. The van der Waals surface area contributed by atoms with Crippen LogP contribution in [0.1, 0.15) is 0 Å². The second-order valence-corrected chi connectivity index (χ2v) is 2.35. The quantitative estimate of drug-likeness (QED) is 0.555. The summed E-state index contributed by atoms with van der Waals surface area (Å²) in [4.78, 5) is 17.4. The molecule has 0 aliphatic rings. The first-order valence-electron chi connectivity index (χ1n) is 3.97. The number of rotatable bonds is 4. The molecule has 0 bridgehead atoms. The van der Waals surface area contributed by atoms with Crippen molar-refractivity contribution in [3.63, 3.8) is 0 Å². The molecule has 1 rings (SSSR count). The number of nitrogens with zero attached hydrogens (tertiary/aromatic N) is 1. The fraction of sp³-hybridized carbons (Fsp3) is 0.250. The molecule has 0 atom stereocenters. The summed E-state index contributed by atoms with van der Waals surface area (Å²) in [6.07, 6.45) is 6.66. The van der Waals surface area contributed by atoms with Crippen LogP contribution in [-0.4, -0.2) is 23.1 Å². The van der Waals surface area contributed by atoms with Gasteiger partial charge < -0.3 is 16.0 Å². The summed E-state index contributed by atoms with van der Waals surface area (Å²) in [6.45, 7) is 1.05. The molecule has 0 unspecified atom stereocenters. The van der Waals surface area contributed by atoms with E-state index in [9.17, 15) is 4.79 Å². The number of anilines is 1. The van der Waals surface area contributed by atoms with Gasteiger partial charge in [0, 0.05) is 25.5 Å². The number of nitrogens with two attached hydrogens (primary N) is 1. The van der Waals surface area contributed by atoms with Gasteiger partial charge in [0.15, 0.2) is 5.82 Å². The van der Waals surface area contributed by atoms with Crippen LogP contribution in [0.25, 0.3) is 0 Å². The van der Waals surface area contributed by atoms with Crippen LogP contribution in [0.4, 0.5) is 5.82 Å². The van der Waals surface area contributed by atoms with E-state index in [2.05, 4.69) is 15.3 Å². The Labute approximate surface area is 75.7 Å². The first kappa shape index (κ1) is 9.47. The largest absolute Gasteiger partial charge is 0.362 e. The first-order valence-corrected chi connectivity index (χ1v) is 3.97. The van der Waals surface area contributed by atoms with E-state index in [4.69, 9.17) is 5.73 Å². The summed E-state index contributed by atoms with van der Waals surface area (Å²) in [5.41, 5.74) is 5.02. The Hall–Kier alpha value is -1.62. The Morgan fingerprint density at radius 1 is 1.62 bits per heavy atom. The van der Waals surface area contributed by atoms with Crippen LogP contribution in [0.3, 0.4) is 0 Å². The summed E-state index contributed by atoms with van der Waals surface area (Å²) < 4.78 is 0. The van der Waals surface area contributed by atoms with Crippen LogP contribution >= 0.6 is 0 Å². The first-order chi connectivity index (χ1) is 6.34. The minimum Gasteiger partial charge on any atom is -0.362 e. The van der Waals surface area contributed by atoms with Gasteiger partial charge in [-0.3, -0.25) is 4.79 Å². The molecule has 5 nitrogen and oxygen atoms in total. The molecule has 1 heterocycles. The zero-order valence-electron chi connectivity index (χ0n) is 7.16. The van der Waals surface area contributed by atoms with Crippen molar-refractivity contribution < 1.29 is 0 Å². The Morgan fingerprint density at radius 3 is 3.15 bits per heavy atom. The predicted octanol–water partition coefficient (Wildman–Crippen LogP) is -0.303. The van der Waals surface area contributed by atoms with E-state index in [0.29, 0.717) is 18.9 Å². The molecule has 0 saturated carbocycles. The number of aromatic nitrogens is 2. The van der Waals surface area contributed by atoms with Crippen molar-refractivity contribution in [1.82, 2.24) is 9.97 Å². The Balaban J connectivity index is 2.50. The lowest BCUT2D eigenvalue weighted by Crippen LogP contribution is -2.15. The molecule has 4 N–H and O–H groups in total. The maximum atomic E-state index is 11.1. The van der Waals surface area contributed by atoms with Crippen molar-refractivity contribution in [2.45, 2.75) is 0 Å². The number of hydrogen-bond donors (Lipinski definition) is 3. The van der Waals surface area contributed by atoms with Crippen LogP contribution in [0.15, 0.2) is 29.3 Å². The van der Waals surface area contributed by atoms with Crippen LogP contribution in [0.2, 0.25) is 0 Å². The summed E-state index contributed by atoms with van der Waals surface area (Å²) in [6, 6.07) is 0. The van der Waals surface area contributed by atoms with Crippen LogP contribution in [-0.2, 0) is 0 Å². The third kappa shape index (κ3) is 3.08. The highest BCUT2D eigenvalue weighted by molar-refractivity contribution is 5.30. The van der Waals surface area contributed by atoms with Gasteiger partial charge in [-0.1, -0.05) is 12.2 Å². The molecule has 1 aromatic rings. The maximum Gasteiger partial charge on any atom is 0.290 e. The fourth-order valence-electron chi connectivity index (χ4n) is 0.813. The molecule has 0 aromatic carbocycles. The van der Waals surface area contributed by atoms with Gasteiger partial charge in [-0.25, -0.2) is 4.98 Å². The number of nitrogens with one attached hydrogen (secondary N) is 2. The Morgan fingerprint density at radius 2 is 2.46 bits per heavy atom. The zero-order valence-corrected chi connectivity index (χ0v) is 7.16. The van der Waals surface area contributed by atoms with E-state index in [1.807, 2.05) is 12.2 Å². The standard InChI is InChI=1S/C8H12N4O/c9-3-1-2-4-10-7-8(13)12-6-5-11-7/h1-2,5-6H,3-4,9H2,(H,10,11)(H,12,13)/b2-1+. The predicted molar refractivity (Wildman–Crippen MR) is 51.5 cm³/mol. The van der Waals surface area contributed by atoms with E-state index in [-0.39, 0.29) is 5.56 Å². The van der Waals surface area contributed by atoms with Crippen LogP contribution < -0.4 is 16.6 Å². The average Bonchev–Trinajstić information content (AvgIpc) is 2.15. The monoisotopic (exact) mass is 180 g/mol. The van der Waals surface area contributed by atoms with Gasteiger partial charge >= 0.3 is 0 Å². The lowest BCUT2D eigenvalue weighted by Gasteiger charge is -1.98. The number of H-pyrrole nitrogens is 1. The highest BCUT2D eigenvalue weighted by Crippen LogP contribution is 1.88. The van der Waals surface area contributed by atoms with Gasteiger partial charge in [-0.05, 0) is 0 Å². The molecule has 0 amide bonds. The molecule has 70 valence electrons. The van der Waals surface area contributed by atoms with Gasteiger partial charge in [0.2, 0.25) is 0 Å². The summed E-state index contributed by atoms with van der Waals surface area (Å²) in [5, 5.41) is 2.85. The number of hydrogen-bond acceptors (Lipinski definition) is 4. The van der Waals surface area contributed by atoms with Gasteiger partial charge in [0.25, 0.3) is 5.56 Å². The lowest BCUT2D eigenvalue weighted by molar-refractivity contribution is 1.11. The van der Waals surface area contributed by atoms with E-state index >= 15 is 0 Å². The van der Waals surface area contributed by atoms with Gasteiger partial charge in [0.05, 0.1) is 0 Å². The van der Waals surface area contributed by atoms with Crippen molar-refractivity contribution >= 4 is 5.82 Å². The molecule has 0 fully saturated rings. The van der Waals surface area contributed by atoms with Crippen LogP contribution in [0, 0.1) is 0 Å². The van der Waals surface area contributed by atoms with Crippen molar-refractivity contribution in [2.24, 2.45) is 5.73 Å². The molecular formula is C8H12N4O. The van der Waals surface area contributed by atoms with Gasteiger partial charge in [-0.2, -0.15) is 0 Å². The minimum atomic E-state index is -0.219. The topological polar surface area (TPSA) is 83.8 Å². The maximum absolute atomic E-state index is 11.1. The fourth-order valence-corrected chi connectivity index (χ4v) is 0.813. The average molecular weight is 180 g/mol. The highest BCUT2D eigenvalue weighted by Gasteiger charge is 1.94. The van der Waals surface area contributed by atoms with Crippen molar-refractivity contribution in [3.05, 3.63) is 34.9 Å². The van der Waals surface area contributed by atoms with Crippen LogP contribution in [0.5, 0.6) is 0 Å². The normalized spacial score (nSPS) is 10.5. The molecule has 1 aromatic heterocycles. The third-order valence-electron chi connectivity index (χ3n) is 1.40. The minimum absolute atomic E-state index is 0.219. The second kappa shape index (κ2) is 5.10. The Bertz CT molecular complexity index is 331. The van der Waals surface area contributed by atoms with E-state index < -0.39 is 0 Å². The van der Waals surface area contributed by atoms with Gasteiger partial charge in [0.1, 0.15) is 0 Å². The lowest BCUT2D eigenvalue weighted by atomic mass is 10.5. The molecule has 0 saturated heterocycles. The molecular weight excluding hydrogens is 168 g/mol. The summed E-state index contributed by atoms with van der Waals surface area (Å²) in [5.74, 6) is 0.323. The van der Waals surface area contributed by atoms with Crippen molar-refractivity contribution in [1.29, 1.82) is 0 Å². The molecule has 0 aliphatic heterocycles. The SMILES string of the molecule is NC/C=C/CNc1ncc[nH]c1=O. The van der Waals surface area contributed by atoms with E-state index in [0.717, 1.165) is 0 Å². The summed E-state index contributed by atoms with van der Waals surface area (Å²) >= 11 is 0. The molecule has 13 heavy (non-hydrogen) atoms. The third-order valence-corrected chi connectivity index (χ3v) is 1.40. The van der Waals surface area contributed by atoms with Crippen molar-refractivity contribution in [3.8, 4) is 0 Å². The number of aromatic amines is 1. The molecule has 5 heteroatoms. The highest BCUT2D eigenvalue weighted by atomic mass is 16.1. The van der Waals surface area contributed by atoms with E-state index in [1.165, 1.54) is 12.4 Å². The van der Waals surface area contributed by atoms with Crippen molar-refractivity contribution in [2.75, 3.05) is 18.4 Å². The zero-order chi connectivity index (χ0) is 9.52.